The molecule has 0 aliphatic heterocycles. The SMILES string of the molecule is Cc1cc(NC(=O)C2CCCc3ccc(-c4cccc(C(F)(F)F)c4)nc32)no1. The molecule has 1 aliphatic rings. The van der Waals surface area contributed by atoms with E-state index in [2.05, 4.69) is 15.5 Å². The molecule has 1 atom stereocenters. The van der Waals surface area contributed by atoms with Gasteiger partial charge in [0.15, 0.2) is 5.82 Å². The van der Waals surface area contributed by atoms with E-state index < -0.39 is 17.7 Å². The molecule has 0 bridgehead atoms. The minimum atomic E-state index is -4.43. The smallest absolute Gasteiger partial charge is 0.360 e. The Morgan fingerprint density at radius 1 is 1.21 bits per heavy atom. The zero-order valence-corrected chi connectivity index (χ0v) is 15.6. The van der Waals surface area contributed by atoms with E-state index in [9.17, 15) is 18.0 Å². The molecule has 4 rings (SSSR count). The molecule has 1 aliphatic carbocycles. The zero-order valence-electron chi connectivity index (χ0n) is 15.6. The predicted octanol–water partition coefficient (Wildman–Crippen LogP) is 5.12. The van der Waals surface area contributed by atoms with Crippen LogP contribution in [0.15, 0.2) is 47.0 Å². The number of benzene rings is 1. The van der Waals surface area contributed by atoms with Crippen molar-refractivity contribution in [2.24, 2.45) is 0 Å². The summed E-state index contributed by atoms with van der Waals surface area (Å²) in [5.74, 6) is 0.150. The lowest BCUT2D eigenvalue weighted by atomic mass is 9.85. The van der Waals surface area contributed by atoms with E-state index in [0.29, 0.717) is 35.0 Å². The van der Waals surface area contributed by atoms with Crippen LogP contribution in [0.1, 0.15) is 41.3 Å². The van der Waals surface area contributed by atoms with Crippen molar-refractivity contribution in [3.05, 3.63) is 65.0 Å². The van der Waals surface area contributed by atoms with E-state index >= 15 is 0 Å². The van der Waals surface area contributed by atoms with Gasteiger partial charge in [0.2, 0.25) is 5.91 Å². The Morgan fingerprint density at radius 2 is 2.03 bits per heavy atom. The number of rotatable bonds is 3. The highest BCUT2D eigenvalue weighted by atomic mass is 19.4. The Morgan fingerprint density at radius 3 is 2.76 bits per heavy atom. The highest BCUT2D eigenvalue weighted by Crippen LogP contribution is 2.35. The van der Waals surface area contributed by atoms with E-state index in [-0.39, 0.29) is 5.91 Å². The van der Waals surface area contributed by atoms with Crippen LogP contribution in [-0.2, 0) is 17.4 Å². The first-order valence-electron chi connectivity index (χ1n) is 9.23. The van der Waals surface area contributed by atoms with Crippen molar-refractivity contribution in [2.45, 2.75) is 38.3 Å². The lowest BCUT2D eigenvalue weighted by molar-refractivity contribution is -0.137. The highest BCUT2D eigenvalue weighted by molar-refractivity contribution is 5.95. The van der Waals surface area contributed by atoms with Gasteiger partial charge in [-0.25, -0.2) is 0 Å². The molecule has 2 aromatic heterocycles. The van der Waals surface area contributed by atoms with Gasteiger partial charge in [0.25, 0.3) is 0 Å². The summed E-state index contributed by atoms with van der Waals surface area (Å²) in [6, 6.07) is 10.2. The van der Waals surface area contributed by atoms with Crippen LogP contribution in [0.4, 0.5) is 19.0 Å². The molecule has 5 nitrogen and oxygen atoms in total. The molecular formula is C21H18F3N3O2. The Balaban J connectivity index is 1.66. The number of nitrogens with one attached hydrogen (secondary N) is 1. The molecule has 150 valence electrons. The molecule has 1 amide bonds. The first-order chi connectivity index (χ1) is 13.8. The number of alkyl halides is 3. The topological polar surface area (TPSA) is 68.0 Å². The first-order valence-corrected chi connectivity index (χ1v) is 9.23. The fourth-order valence-corrected chi connectivity index (χ4v) is 3.56. The third-order valence-corrected chi connectivity index (χ3v) is 4.96. The van der Waals surface area contributed by atoms with Gasteiger partial charge in [-0.1, -0.05) is 23.4 Å². The Hall–Kier alpha value is -3.16. The fraction of sp³-hybridized carbons (Fsp3) is 0.286. The molecule has 1 unspecified atom stereocenters. The summed E-state index contributed by atoms with van der Waals surface area (Å²) in [6.07, 6.45) is -2.22. The van der Waals surface area contributed by atoms with Crippen molar-refractivity contribution in [2.75, 3.05) is 5.32 Å². The second-order valence-electron chi connectivity index (χ2n) is 7.08. The summed E-state index contributed by atoms with van der Waals surface area (Å²) in [5, 5.41) is 6.50. The van der Waals surface area contributed by atoms with Crippen molar-refractivity contribution in [1.82, 2.24) is 10.1 Å². The molecule has 1 aromatic carbocycles. The quantitative estimate of drug-likeness (QED) is 0.661. The van der Waals surface area contributed by atoms with E-state index in [1.54, 1.807) is 25.1 Å². The maximum Gasteiger partial charge on any atom is 0.416 e. The van der Waals surface area contributed by atoms with Crippen molar-refractivity contribution in [3.8, 4) is 11.3 Å². The Kier molecular flexibility index (Phi) is 4.86. The van der Waals surface area contributed by atoms with Crippen molar-refractivity contribution < 1.29 is 22.5 Å². The number of pyridine rings is 1. The van der Waals surface area contributed by atoms with Crippen LogP contribution in [0.25, 0.3) is 11.3 Å². The molecule has 0 fully saturated rings. The highest BCUT2D eigenvalue weighted by Gasteiger charge is 2.31. The number of carbonyl (C=O) groups is 1. The monoisotopic (exact) mass is 401 g/mol. The van der Waals surface area contributed by atoms with Gasteiger partial charge in [-0.05, 0) is 49.9 Å². The number of amides is 1. The third kappa shape index (κ3) is 4.01. The summed E-state index contributed by atoms with van der Waals surface area (Å²) in [7, 11) is 0. The third-order valence-electron chi connectivity index (χ3n) is 4.96. The average Bonchev–Trinajstić information content (AvgIpc) is 3.11. The van der Waals surface area contributed by atoms with Crippen LogP contribution in [0.5, 0.6) is 0 Å². The lowest BCUT2D eigenvalue weighted by Crippen LogP contribution is -2.26. The fourth-order valence-electron chi connectivity index (χ4n) is 3.56. The number of hydrogen-bond donors (Lipinski definition) is 1. The molecule has 0 radical (unpaired) electrons. The largest absolute Gasteiger partial charge is 0.416 e. The molecule has 29 heavy (non-hydrogen) atoms. The van der Waals surface area contributed by atoms with Gasteiger partial charge < -0.3 is 9.84 Å². The molecule has 0 saturated carbocycles. The normalized spacial score (nSPS) is 16.3. The number of hydrogen-bond acceptors (Lipinski definition) is 4. The van der Waals surface area contributed by atoms with Crippen LogP contribution in [0.2, 0.25) is 0 Å². The number of nitrogens with zero attached hydrogens (tertiary/aromatic N) is 2. The van der Waals surface area contributed by atoms with Gasteiger partial charge in [0, 0.05) is 11.6 Å². The van der Waals surface area contributed by atoms with Gasteiger partial charge in [-0.15, -0.1) is 0 Å². The average molecular weight is 401 g/mol. The minimum Gasteiger partial charge on any atom is -0.360 e. The van der Waals surface area contributed by atoms with Gasteiger partial charge in [0.1, 0.15) is 5.76 Å². The lowest BCUT2D eigenvalue weighted by Gasteiger charge is -2.24. The molecule has 1 N–H and O–H groups in total. The van der Waals surface area contributed by atoms with Crippen LogP contribution >= 0.6 is 0 Å². The standard InChI is InChI=1S/C21H18F3N3O2/c1-12-10-18(27-29-12)26-20(28)16-7-3-4-13-8-9-17(25-19(13)16)14-5-2-6-15(11-14)21(22,23)24/h2,5-6,8-11,16H,3-4,7H2,1H3,(H,26,27,28). The maximum atomic E-state index is 13.0. The molecule has 0 saturated heterocycles. The summed E-state index contributed by atoms with van der Waals surface area (Å²) in [6.45, 7) is 1.72. The second-order valence-corrected chi connectivity index (χ2v) is 7.08. The van der Waals surface area contributed by atoms with Gasteiger partial charge in [0.05, 0.1) is 22.9 Å². The Labute approximate surface area is 164 Å². The summed E-state index contributed by atoms with van der Waals surface area (Å²) in [4.78, 5) is 17.4. The molecule has 3 aromatic rings. The van der Waals surface area contributed by atoms with Crippen molar-refractivity contribution in [1.29, 1.82) is 0 Å². The minimum absolute atomic E-state index is 0.257. The van der Waals surface area contributed by atoms with E-state index in [1.165, 1.54) is 6.07 Å². The van der Waals surface area contributed by atoms with Crippen LogP contribution in [-0.4, -0.2) is 16.0 Å². The summed E-state index contributed by atoms with van der Waals surface area (Å²) in [5.41, 5.74) is 1.57. The Bertz CT molecular complexity index is 1060. The predicted molar refractivity (Wildman–Crippen MR) is 100 cm³/mol. The molecule has 8 heteroatoms. The number of aromatic nitrogens is 2. The summed E-state index contributed by atoms with van der Waals surface area (Å²) >= 11 is 0. The second kappa shape index (κ2) is 7.35. The first kappa shape index (κ1) is 19.2. The van der Waals surface area contributed by atoms with Crippen LogP contribution < -0.4 is 5.32 Å². The molecule has 2 heterocycles. The van der Waals surface area contributed by atoms with E-state index in [4.69, 9.17) is 4.52 Å². The molecular weight excluding hydrogens is 383 g/mol. The van der Waals surface area contributed by atoms with Gasteiger partial charge in [-0.2, -0.15) is 13.2 Å². The number of anilines is 1. The van der Waals surface area contributed by atoms with Gasteiger partial charge >= 0.3 is 6.18 Å². The van der Waals surface area contributed by atoms with Gasteiger partial charge in [-0.3, -0.25) is 9.78 Å². The maximum absolute atomic E-state index is 13.0. The number of halogens is 3. The molecule has 0 spiro atoms. The number of aryl methyl sites for hydroxylation is 2. The van der Waals surface area contributed by atoms with Crippen LogP contribution in [0.3, 0.4) is 0 Å². The van der Waals surface area contributed by atoms with Crippen LogP contribution in [0, 0.1) is 6.92 Å². The van der Waals surface area contributed by atoms with Crippen molar-refractivity contribution in [3.63, 3.8) is 0 Å². The summed E-state index contributed by atoms with van der Waals surface area (Å²) < 4.78 is 44.1. The van der Waals surface area contributed by atoms with E-state index in [1.807, 2.05) is 6.07 Å². The number of carbonyl (C=O) groups excluding carboxylic acids is 1. The number of fused-ring (bicyclic) bond motifs is 1. The van der Waals surface area contributed by atoms with E-state index in [0.717, 1.165) is 30.5 Å². The zero-order chi connectivity index (χ0) is 20.6. The van der Waals surface area contributed by atoms with Crippen molar-refractivity contribution >= 4 is 11.7 Å².